The summed E-state index contributed by atoms with van der Waals surface area (Å²) in [6.45, 7) is 6.45. The summed E-state index contributed by atoms with van der Waals surface area (Å²) in [6, 6.07) is 13.5. The van der Waals surface area contributed by atoms with Crippen molar-refractivity contribution in [1.82, 2.24) is 0 Å². The van der Waals surface area contributed by atoms with Crippen molar-refractivity contribution in [2.75, 3.05) is 17.7 Å². The second kappa shape index (κ2) is 10.2. The third kappa shape index (κ3) is 6.84. The predicted octanol–water partition coefficient (Wildman–Crippen LogP) is 4.39. The van der Waals surface area contributed by atoms with E-state index in [0.717, 1.165) is 0 Å². The van der Waals surface area contributed by atoms with E-state index in [1.54, 1.807) is 69.3 Å². The Labute approximate surface area is 180 Å². The van der Waals surface area contributed by atoms with E-state index in [-0.39, 0.29) is 29.8 Å². The van der Waals surface area contributed by atoms with Crippen molar-refractivity contribution in [3.8, 4) is 0 Å². The Morgan fingerprint density at radius 3 is 2.37 bits per heavy atom. The topological polar surface area (TPSA) is 89.5 Å². The Morgan fingerprint density at radius 2 is 1.70 bits per heavy atom. The lowest BCUT2D eigenvalue weighted by Crippen LogP contribution is -2.26. The van der Waals surface area contributed by atoms with Crippen LogP contribution in [0.5, 0.6) is 0 Å². The molecule has 0 atom stereocenters. The average Bonchev–Trinajstić information content (AvgIpc) is 2.69. The molecule has 0 radical (unpaired) electrons. The van der Waals surface area contributed by atoms with E-state index in [2.05, 4.69) is 5.32 Å². The summed E-state index contributed by atoms with van der Waals surface area (Å²) < 4.78 is 5.16. The highest BCUT2D eigenvalue weighted by atomic mass is 32.2. The number of benzene rings is 2. The van der Waals surface area contributed by atoms with Crippen LogP contribution in [-0.2, 0) is 14.3 Å². The van der Waals surface area contributed by atoms with Crippen LogP contribution in [0, 0.1) is 5.41 Å². The van der Waals surface area contributed by atoms with Gasteiger partial charge in [-0.05, 0) is 31.2 Å². The van der Waals surface area contributed by atoms with Gasteiger partial charge < -0.3 is 10.1 Å². The molecule has 0 bridgehead atoms. The van der Waals surface area contributed by atoms with E-state index in [9.17, 15) is 19.2 Å². The number of ether oxygens (including phenoxy) is 1. The Bertz CT molecular complexity index is 962. The fourth-order valence-electron chi connectivity index (χ4n) is 2.34. The standard InChI is InChI=1S/C23H25NO5S/c1-15(25)16-8-7-9-17(12-16)24-21(27)14-30-19-11-6-5-10-18(19)22(28)29-13-20(26)23(2,3)4/h5-12H,13-14H2,1-4H3,(H,24,27). The number of rotatable bonds is 8. The van der Waals surface area contributed by atoms with E-state index < -0.39 is 11.4 Å². The van der Waals surface area contributed by atoms with Gasteiger partial charge in [-0.1, -0.05) is 45.0 Å². The number of nitrogens with one attached hydrogen (secondary N) is 1. The molecule has 0 aliphatic rings. The number of esters is 1. The van der Waals surface area contributed by atoms with Gasteiger partial charge in [0.15, 0.2) is 18.2 Å². The minimum absolute atomic E-state index is 0.0650. The summed E-state index contributed by atoms with van der Waals surface area (Å²) in [5.41, 5.74) is 0.752. The van der Waals surface area contributed by atoms with Crippen LogP contribution in [0.1, 0.15) is 48.4 Å². The number of thioether (sulfide) groups is 1. The Balaban J connectivity index is 1.98. The highest BCUT2D eigenvalue weighted by molar-refractivity contribution is 8.00. The largest absolute Gasteiger partial charge is 0.454 e. The van der Waals surface area contributed by atoms with Crippen LogP contribution in [-0.4, -0.2) is 35.8 Å². The van der Waals surface area contributed by atoms with Crippen LogP contribution in [0.15, 0.2) is 53.4 Å². The number of hydrogen-bond acceptors (Lipinski definition) is 6. The molecule has 6 nitrogen and oxygen atoms in total. The second-order valence-electron chi connectivity index (χ2n) is 7.72. The number of Topliss-reactive ketones (excluding diaryl/α,β-unsaturated/α-hetero) is 2. The van der Waals surface area contributed by atoms with Crippen molar-refractivity contribution in [3.05, 3.63) is 59.7 Å². The second-order valence-corrected chi connectivity index (χ2v) is 8.74. The minimum atomic E-state index is -0.606. The van der Waals surface area contributed by atoms with E-state index in [0.29, 0.717) is 21.7 Å². The maximum atomic E-state index is 12.4. The quantitative estimate of drug-likeness (QED) is 0.382. The van der Waals surface area contributed by atoms with Crippen molar-refractivity contribution in [2.24, 2.45) is 5.41 Å². The zero-order valence-corrected chi connectivity index (χ0v) is 18.3. The molecule has 0 heterocycles. The number of anilines is 1. The van der Waals surface area contributed by atoms with E-state index >= 15 is 0 Å². The van der Waals surface area contributed by atoms with Gasteiger partial charge in [-0.2, -0.15) is 0 Å². The molecule has 0 aromatic heterocycles. The van der Waals surface area contributed by atoms with E-state index in [4.69, 9.17) is 4.74 Å². The number of carbonyl (C=O) groups excluding carboxylic acids is 4. The van der Waals surface area contributed by atoms with Crippen LogP contribution in [0.2, 0.25) is 0 Å². The molecule has 0 unspecified atom stereocenters. The lowest BCUT2D eigenvalue weighted by atomic mass is 9.91. The monoisotopic (exact) mass is 427 g/mol. The van der Waals surface area contributed by atoms with Crippen molar-refractivity contribution >= 4 is 40.9 Å². The van der Waals surface area contributed by atoms with Crippen molar-refractivity contribution < 1.29 is 23.9 Å². The van der Waals surface area contributed by atoms with Crippen LogP contribution in [0.4, 0.5) is 5.69 Å². The molecule has 0 spiro atoms. The molecule has 2 aromatic rings. The van der Waals surface area contributed by atoms with Crippen molar-refractivity contribution in [3.63, 3.8) is 0 Å². The maximum absolute atomic E-state index is 12.4. The third-order valence-electron chi connectivity index (χ3n) is 4.19. The van der Waals surface area contributed by atoms with Gasteiger partial charge in [0.25, 0.3) is 0 Å². The molecule has 30 heavy (non-hydrogen) atoms. The maximum Gasteiger partial charge on any atom is 0.339 e. The molecule has 1 amide bonds. The lowest BCUT2D eigenvalue weighted by molar-refractivity contribution is -0.129. The first kappa shape index (κ1) is 23.3. The van der Waals surface area contributed by atoms with Gasteiger partial charge in [0, 0.05) is 21.6 Å². The van der Waals surface area contributed by atoms with Crippen molar-refractivity contribution in [2.45, 2.75) is 32.6 Å². The van der Waals surface area contributed by atoms with Gasteiger partial charge in [0.1, 0.15) is 0 Å². The van der Waals surface area contributed by atoms with Crippen LogP contribution >= 0.6 is 11.8 Å². The zero-order chi connectivity index (χ0) is 22.3. The van der Waals surface area contributed by atoms with Gasteiger partial charge in [0.05, 0.1) is 11.3 Å². The lowest BCUT2D eigenvalue weighted by Gasteiger charge is -2.16. The Morgan fingerprint density at radius 1 is 1.00 bits per heavy atom. The molecule has 0 saturated carbocycles. The normalized spacial score (nSPS) is 10.9. The highest BCUT2D eigenvalue weighted by Gasteiger charge is 2.23. The van der Waals surface area contributed by atoms with Crippen molar-refractivity contribution in [1.29, 1.82) is 0 Å². The summed E-state index contributed by atoms with van der Waals surface area (Å²) >= 11 is 1.19. The number of hydrogen-bond donors (Lipinski definition) is 1. The Kier molecular flexibility index (Phi) is 7.94. The predicted molar refractivity (Wildman–Crippen MR) is 117 cm³/mol. The molecule has 0 fully saturated rings. The zero-order valence-electron chi connectivity index (χ0n) is 17.5. The molecule has 0 aliphatic carbocycles. The summed E-state index contributed by atoms with van der Waals surface area (Å²) in [5.74, 6) is -1.07. The Hall–Kier alpha value is -2.93. The van der Waals surface area contributed by atoms with Gasteiger partial charge in [-0.15, -0.1) is 11.8 Å². The van der Waals surface area contributed by atoms with Gasteiger partial charge in [-0.3, -0.25) is 14.4 Å². The summed E-state index contributed by atoms with van der Waals surface area (Å²) in [6.07, 6.45) is 0. The molecule has 2 aromatic carbocycles. The molecule has 2 rings (SSSR count). The average molecular weight is 428 g/mol. The first-order chi connectivity index (χ1) is 14.1. The number of carbonyl (C=O) groups is 4. The molecule has 0 saturated heterocycles. The fraction of sp³-hybridized carbons (Fsp3) is 0.304. The fourth-order valence-corrected chi connectivity index (χ4v) is 3.18. The van der Waals surface area contributed by atoms with E-state index in [1.165, 1.54) is 18.7 Å². The third-order valence-corrected chi connectivity index (χ3v) is 5.26. The van der Waals surface area contributed by atoms with Crippen LogP contribution in [0.25, 0.3) is 0 Å². The SMILES string of the molecule is CC(=O)c1cccc(NC(=O)CSc2ccccc2C(=O)OCC(=O)C(C)(C)C)c1. The minimum Gasteiger partial charge on any atom is -0.454 e. The molecule has 158 valence electrons. The number of amides is 1. The molecule has 1 N–H and O–H groups in total. The number of ketones is 2. The first-order valence-electron chi connectivity index (χ1n) is 9.41. The van der Waals surface area contributed by atoms with E-state index in [1.807, 2.05) is 0 Å². The van der Waals surface area contributed by atoms with Gasteiger partial charge >= 0.3 is 5.97 Å². The van der Waals surface area contributed by atoms with Gasteiger partial charge in [0.2, 0.25) is 5.91 Å². The smallest absolute Gasteiger partial charge is 0.339 e. The summed E-state index contributed by atoms with van der Waals surface area (Å²) in [4.78, 5) is 48.7. The van der Waals surface area contributed by atoms with Crippen LogP contribution < -0.4 is 5.32 Å². The highest BCUT2D eigenvalue weighted by Crippen LogP contribution is 2.24. The van der Waals surface area contributed by atoms with Gasteiger partial charge in [-0.25, -0.2) is 4.79 Å². The molecular formula is C23H25NO5S. The molecule has 0 aliphatic heterocycles. The van der Waals surface area contributed by atoms with Crippen LogP contribution in [0.3, 0.4) is 0 Å². The first-order valence-corrected chi connectivity index (χ1v) is 10.4. The summed E-state index contributed by atoms with van der Waals surface area (Å²) in [5, 5.41) is 2.74. The molecule has 7 heteroatoms. The molecular weight excluding hydrogens is 402 g/mol. The summed E-state index contributed by atoms with van der Waals surface area (Å²) in [7, 11) is 0.